The Morgan fingerprint density at radius 1 is 0.953 bits per heavy atom. The minimum Gasteiger partial charge on any atom is -0.448 e. The van der Waals surface area contributed by atoms with Crippen LogP contribution in [0.15, 0.2) is 66.7 Å². The molecule has 2 aromatic carbocycles. The third-order valence-corrected chi connectivity index (χ3v) is 7.65. The largest absolute Gasteiger partial charge is 0.448 e. The number of amides is 3. The van der Waals surface area contributed by atoms with Gasteiger partial charge in [0.15, 0.2) is 11.5 Å². The van der Waals surface area contributed by atoms with Gasteiger partial charge in [-0.1, -0.05) is 42.5 Å². The maximum atomic E-state index is 13.5. The van der Waals surface area contributed by atoms with Crippen LogP contribution in [0.25, 0.3) is 10.2 Å². The fourth-order valence-corrected chi connectivity index (χ4v) is 5.37. The third kappa shape index (κ3) is 6.16. The molecule has 5 rings (SSSR count). The molecule has 0 bridgehead atoms. The molecule has 0 saturated carbocycles. The zero-order chi connectivity index (χ0) is 30.7. The summed E-state index contributed by atoms with van der Waals surface area (Å²) in [6.45, 7) is 7.32. The van der Waals surface area contributed by atoms with Crippen molar-refractivity contribution in [3.63, 3.8) is 0 Å². The topological polar surface area (TPSA) is 160 Å². The monoisotopic (exact) mass is 599 g/mol. The summed E-state index contributed by atoms with van der Waals surface area (Å²) in [5.74, 6) is -1.39. The number of carbonyl (C=O) groups excluding carboxylic acids is 4. The Labute approximate surface area is 250 Å². The van der Waals surface area contributed by atoms with E-state index in [4.69, 9.17) is 4.74 Å². The summed E-state index contributed by atoms with van der Waals surface area (Å²) in [5.41, 5.74) is 1.52. The van der Waals surface area contributed by atoms with Crippen molar-refractivity contribution >= 4 is 56.9 Å². The Kier molecular flexibility index (Phi) is 8.08. The molecule has 4 N–H and O–H groups in total. The number of H-pyrrole nitrogens is 1. The molecule has 3 amide bonds. The summed E-state index contributed by atoms with van der Waals surface area (Å²) in [6.07, 6.45) is -0.756. The number of aromatic amines is 1. The zero-order valence-corrected chi connectivity index (χ0v) is 24.7. The summed E-state index contributed by atoms with van der Waals surface area (Å²) in [6, 6.07) is 19.1. The van der Waals surface area contributed by atoms with Crippen LogP contribution in [-0.2, 0) is 10.3 Å². The second-order valence-electron chi connectivity index (χ2n) is 10.1. The normalized spacial score (nSPS) is 11.3. The number of fused-ring (bicyclic) bond motifs is 1. The number of hydrogen-bond acceptors (Lipinski definition) is 8. The van der Waals surface area contributed by atoms with Crippen LogP contribution in [-0.4, -0.2) is 50.4 Å². The first kappa shape index (κ1) is 29.2. The summed E-state index contributed by atoms with van der Waals surface area (Å²) >= 11 is 1.05. The lowest BCUT2D eigenvalue weighted by atomic mass is 9.94. The van der Waals surface area contributed by atoms with Crippen LogP contribution in [0.3, 0.4) is 0 Å². The van der Waals surface area contributed by atoms with Crippen molar-refractivity contribution in [3.8, 4) is 0 Å². The Balaban J connectivity index is 1.44. The summed E-state index contributed by atoms with van der Waals surface area (Å²) < 4.78 is 6.17. The zero-order valence-electron chi connectivity index (χ0n) is 23.8. The highest BCUT2D eigenvalue weighted by Crippen LogP contribution is 2.33. The van der Waals surface area contributed by atoms with Gasteiger partial charge in [-0.05, 0) is 57.5 Å². The third-order valence-electron chi connectivity index (χ3n) is 6.54. The number of aryl methyl sites for hydroxylation is 1. The lowest BCUT2D eigenvalue weighted by Crippen LogP contribution is -2.40. The molecule has 0 unspecified atom stereocenters. The first-order valence-corrected chi connectivity index (χ1v) is 14.2. The molecule has 0 atom stereocenters. The molecule has 12 nitrogen and oxygen atoms in total. The van der Waals surface area contributed by atoms with Crippen molar-refractivity contribution < 1.29 is 23.9 Å². The van der Waals surface area contributed by atoms with Crippen LogP contribution < -0.4 is 16.0 Å². The van der Waals surface area contributed by atoms with Gasteiger partial charge in [-0.25, -0.2) is 4.79 Å². The number of thiophene rings is 1. The molecule has 0 saturated heterocycles. The van der Waals surface area contributed by atoms with Crippen molar-refractivity contribution in [3.05, 3.63) is 94.1 Å². The van der Waals surface area contributed by atoms with Gasteiger partial charge in [-0.15, -0.1) is 16.4 Å². The van der Waals surface area contributed by atoms with Crippen LogP contribution >= 0.6 is 11.3 Å². The predicted molar refractivity (Wildman–Crippen MR) is 163 cm³/mol. The second kappa shape index (κ2) is 11.9. The number of nitrogens with one attached hydrogen (secondary N) is 4. The number of anilines is 2. The first-order chi connectivity index (χ1) is 20.6. The fraction of sp³-hybridized carbons (Fsp3) is 0.200. The molecular weight excluding hydrogens is 570 g/mol. The maximum Gasteiger partial charge on any atom is 0.436 e. The van der Waals surface area contributed by atoms with Gasteiger partial charge in [0.05, 0.1) is 33.7 Å². The number of para-hydroxylation sites is 1. The molecule has 0 radical (unpaired) electrons. The van der Waals surface area contributed by atoms with Gasteiger partial charge in [0.25, 0.3) is 17.7 Å². The maximum absolute atomic E-state index is 13.5. The SMILES string of the molecule is CCOC(=O)n1nc(NC(=O)c2ccccc2NC(=O)c2cc(C)[nH]n2)c2cc(C(=O)NC(C)(C)c3ccccc3)sc21. The van der Waals surface area contributed by atoms with Gasteiger partial charge in [0, 0.05) is 5.69 Å². The van der Waals surface area contributed by atoms with E-state index in [1.807, 2.05) is 44.2 Å². The highest BCUT2D eigenvalue weighted by Gasteiger charge is 2.28. The summed E-state index contributed by atoms with van der Waals surface area (Å²) in [5, 5.41) is 19.8. The van der Waals surface area contributed by atoms with E-state index >= 15 is 0 Å². The van der Waals surface area contributed by atoms with Gasteiger partial charge in [-0.3, -0.25) is 19.5 Å². The molecule has 3 aromatic heterocycles. The minimum absolute atomic E-state index is 0.0507. The van der Waals surface area contributed by atoms with Crippen LogP contribution in [0.1, 0.15) is 62.5 Å². The molecule has 0 fully saturated rings. The average Bonchev–Trinajstić information content (AvgIpc) is 3.70. The van der Waals surface area contributed by atoms with Crippen LogP contribution in [0, 0.1) is 6.92 Å². The van der Waals surface area contributed by atoms with Crippen molar-refractivity contribution in [2.24, 2.45) is 0 Å². The quantitative estimate of drug-likeness (QED) is 0.188. The molecule has 13 heteroatoms. The molecule has 0 aliphatic rings. The Morgan fingerprint density at radius 2 is 1.67 bits per heavy atom. The Morgan fingerprint density at radius 3 is 2.37 bits per heavy atom. The Bertz CT molecular complexity index is 1840. The van der Waals surface area contributed by atoms with Gasteiger partial charge in [0.2, 0.25) is 0 Å². The number of ether oxygens (including phenoxy) is 1. The van der Waals surface area contributed by atoms with Crippen molar-refractivity contribution in [1.29, 1.82) is 0 Å². The number of benzene rings is 2. The van der Waals surface area contributed by atoms with E-state index in [9.17, 15) is 19.2 Å². The number of carbonyl (C=O) groups is 4. The van der Waals surface area contributed by atoms with E-state index in [1.54, 1.807) is 50.2 Å². The van der Waals surface area contributed by atoms with E-state index in [0.717, 1.165) is 21.6 Å². The number of nitrogens with zero attached hydrogens (tertiary/aromatic N) is 3. The fourth-order valence-electron chi connectivity index (χ4n) is 4.38. The van der Waals surface area contributed by atoms with Crippen molar-refractivity contribution in [2.75, 3.05) is 17.2 Å². The summed E-state index contributed by atoms with van der Waals surface area (Å²) in [4.78, 5) is 52.9. The minimum atomic E-state index is -0.756. The van der Waals surface area contributed by atoms with Crippen LogP contribution in [0.4, 0.5) is 16.3 Å². The standard InChI is InChI=1S/C30H29N7O5S/c1-5-42-29(41)37-28-20(16-23(43-28)27(40)33-30(3,4)18-11-7-6-8-12-18)24(36-37)32-25(38)19-13-9-10-14-21(19)31-26(39)22-15-17(2)34-35-22/h6-16H,5H2,1-4H3,(H,31,39)(H,33,40)(H,34,35)(H,32,36,38). The average molecular weight is 600 g/mol. The van der Waals surface area contributed by atoms with E-state index in [0.29, 0.717) is 20.8 Å². The summed E-state index contributed by atoms with van der Waals surface area (Å²) in [7, 11) is 0. The molecule has 5 aromatic rings. The molecule has 0 aliphatic heterocycles. The molecular formula is C30H29N7O5S. The van der Waals surface area contributed by atoms with Crippen molar-refractivity contribution in [1.82, 2.24) is 25.3 Å². The van der Waals surface area contributed by atoms with E-state index in [-0.39, 0.29) is 35.3 Å². The molecule has 0 aliphatic carbocycles. The first-order valence-electron chi connectivity index (χ1n) is 13.4. The Hall–Kier alpha value is -5.30. The predicted octanol–water partition coefficient (Wildman–Crippen LogP) is 5.30. The molecule has 3 heterocycles. The molecule has 43 heavy (non-hydrogen) atoms. The smallest absolute Gasteiger partial charge is 0.436 e. The molecule has 0 spiro atoms. The van der Waals surface area contributed by atoms with Crippen LogP contribution in [0.2, 0.25) is 0 Å². The molecule has 220 valence electrons. The second-order valence-corrected chi connectivity index (χ2v) is 11.2. The van der Waals surface area contributed by atoms with E-state index < -0.39 is 23.4 Å². The van der Waals surface area contributed by atoms with Crippen LogP contribution in [0.5, 0.6) is 0 Å². The number of aromatic nitrogens is 4. The van der Waals surface area contributed by atoms with Gasteiger partial charge < -0.3 is 20.7 Å². The number of hydrogen-bond donors (Lipinski definition) is 4. The van der Waals surface area contributed by atoms with Crippen molar-refractivity contribution in [2.45, 2.75) is 33.2 Å². The number of rotatable bonds is 8. The van der Waals surface area contributed by atoms with E-state index in [2.05, 4.69) is 31.2 Å². The lowest BCUT2D eigenvalue weighted by Gasteiger charge is -2.26. The van der Waals surface area contributed by atoms with E-state index in [1.165, 1.54) is 0 Å². The van der Waals surface area contributed by atoms with Gasteiger partial charge in [-0.2, -0.15) is 9.78 Å². The lowest BCUT2D eigenvalue weighted by molar-refractivity contribution is 0.0915. The highest BCUT2D eigenvalue weighted by molar-refractivity contribution is 7.20. The highest BCUT2D eigenvalue weighted by atomic mass is 32.1. The van der Waals surface area contributed by atoms with Gasteiger partial charge in [0.1, 0.15) is 4.83 Å². The van der Waals surface area contributed by atoms with Gasteiger partial charge >= 0.3 is 6.09 Å².